The quantitative estimate of drug-likeness (QED) is 0.331. The molecule has 1 aromatic heterocycles. The molecule has 1 fully saturated rings. The van der Waals surface area contributed by atoms with Crippen LogP contribution in [0.25, 0.3) is 22.1 Å². The molecule has 0 unspecified atom stereocenters. The molecule has 2 heterocycles. The zero-order valence-electron chi connectivity index (χ0n) is 17.8. The second-order valence-corrected chi connectivity index (χ2v) is 7.67. The third kappa shape index (κ3) is 4.22. The molecule has 0 saturated carbocycles. The van der Waals surface area contributed by atoms with Crippen LogP contribution in [-0.4, -0.2) is 69.3 Å². The van der Waals surface area contributed by atoms with Gasteiger partial charge in [0.1, 0.15) is 41.7 Å². The Hall–Kier alpha value is -3.48. The van der Waals surface area contributed by atoms with Crippen LogP contribution >= 0.6 is 0 Å². The predicted octanol–water partition coefficient (Wildman–Crippen LogP) is 0.232. The van der Waals surface area contributed by atoms with E-state index in [0.717, 1.165) is 0 Å². The van der Waals surface area contributed by atoms with E-state index in [9.17, 15) is 35.1 Å². The van der Waals surface area contributed by atoms with Crippen molar-refractivity contribution < 1.29 is 49.0 Å². The zero-order chi connectivity index (χ0) is 24.6. The van der Waals surface area contributed by atoms with E-state index < -0.39 is 48.7 Å². The van der Waals surface area contributed by atoms with Gasteiger partial charge in [-0.05, 0) is 29.3 Å². The SMILES string of the molecule is COc1ccc(-c2coc3cc(O[C@H]4O[C@H](C(=O)O)[C@@H](O)[C@H](O)[C@H]4O)cc(CO)c3c2=O)cc1. The average Bonchev–Trinajstić information content (AvgIpc) is 2.84. The van der Waals surface area contributed by atoms with E-state index in [0.29, 0.717) is 11.3 Å². The maximum absolute atomic E-state index is 13.2. The van der Waals surface area contributed by atoms with Crippen LogP contribution in [-0.2, 0) is 16.1 Å². The van der Waals surface area contributed by atoms with E-state index >= 15 is 0 Å². The summed E-state index contributed by atoms with van der Waals surface area (Å²) < 4.78 is 21.3. The average molecular weight is 474 g/mol. The van der Waals surface area contributed by atoms with Crippen LogP contribution in [0.5, 0.6) is 11.5 Å². The number of aliphatic hydroxyl groups is 4. The molecular formula is C23H22O11. The topological polar surface area (TPSA) is 176 Å². The summed E-state index contributed by atoms with van der Waals surface area (Å²) in [6, 6.07) is 9.36. The minimum Gasteiger partial charge on any atom is -0.497 e. The Morgan fingerprint density at radius 3 is 2.35 bits per heavy atom. The van der Waals surface area contributed by atoms with Crippen LogP contribution in [0.2, 0.25) is 0 Å². The summed E-state index contributed by atoms with van der Waals surface area (Å²) in [4.78, 5) is 24.5. The summed E-state index contributed by atoms with van der Waals surface area (Å²) in [6.45, 7) is -0.558. The lowest BCUT2D eigenvalue weighted by atomic mass is 9.99. The first kappa shape index (κ1) is 23.7. The number of carboxylic acid groups (broad SMARTS) is 1. The van der Waals surface area contributed by atoms with E-state index in [2.05, 4.69) is 0 Å². The van der Waals surface area contributed by atoms with E-state index in [4.69, 9.17) is 18.6 Å². The lowest BCUT2D eigenvalue weighted by Crippen LogP contribution is -2.61. The largest absolute Gasteiger partial charge is 0.497 e. The van der Waals surface area contributed by atoms with Crippen LogP contribution in [0.1, 0.15) is 5.56 Å². The Morgan fingerprint density at radius 1 is 1.03 bits per heavy atom. The smallest absolute Gasteiger partial charge is 0.335 e. The molecule has 5 N–H and O–H groups in total. The number of fused-ring (bicyclic) bond motifs is 1. The molecule has 34 heavy (non-hydrogen) atoms. The first-order chi connectivity index (χ1) is 16.2. The minimum absolute atomic E-state index is 0.0336. The molecule has 1 aliphatic rings. The summed E-state index contributed by atoms with van der Waals surface area (Å²) in [5, 5.41) is 49.1. The lowest BCUT2D eigenvalue weighted by Gasteiger charge is -2.38. The summed E-state index contributed by atoms with van der Waals surface area (Å²) in [5.41, 5.74) is 0.639. The van der Waals surface area contributed by atoms with Gasteiger partial charge in [-0.25, -0.2) is 4.79 Å². The Morgan fingerprint density at radius 2 is 1.74 bits per heavy atom. The molecule has 180 valence electrons. The van der Waals surface area contributed by atoms with E-state index in [1.165, 1.54) is 25.5 Å². The van der Waals surface area contributed by atoms with Gasteiger partial charge in [-0.3, -0.25) is 4.79 Å². The number of methoxy groups -OCH3 is 1. The number of aliphatic carboxylic acids is 1. The van der Waals surface area contributed by atoms with Crippen molar-refractivity contribution in [1.82, 2.24) is 0 Å². The van der Waals surface area contributed by atoms with E-state index in [-0.39, 0.29) is 27.8 Å². The molecule has 0 bridgehead atoms. The number of rotatable bonds is 6. The molecule has 0 radical (unpaired) electrons. The molecular weight excluding hydrogens is 452 g/mol. The normalized spacial score (nSPS) is 24.7. The summed E-state index contributed by atoms with van der Waals surface area (Å²) in [6.07, 6.45) is -7.73. The second kappa shape index (κ2) is 9.41. The molecule has 1 saturated heterocycles. The van der Waals surface area contributed by atoms with Gasteiger partial charge in [0.2, 0.25) is 11.7 Å². The van der Waals surface area contributed by atoms with Gasteiger partial charge in [-0.2, -0.15) is 0 Å². The molecule has 3 aromatic rings. The summed E-state index contributed by atoms with van der Waals surface area (Å²) in [5.74, 6) is -0.978. The zero-order valence-corrected chi connectivity index (χ0v) is 17.8. The minimum atomic E-state index is -1.87. The number of hydrogen-bond acceptors (Lipinski definition) is 10. The molecule has 0 amide bonds. The number of carbonyl (C=O) groups is 1. The molecule has 2 aromatic carbocycles. The fourth-order valence-corrected chi connectivity index (χ4v) is 3.75. The fourth-order valence-electron chi connectivity index (χ4n) is 3.75. The van der Waals surface area contributed by atoms with Gasteiger partial charge in [0.25, 0.3) is 0 Å². The van der Waals surface area contributed by atoms with Crippen molar-refractivity contribution in [2.24, 2.45) is 0 Å². The maximum atomic E-state index is 13.2. The predicted molar refractivity (Wildman–Crippen MR) is 115 cm³/mol. The number of benzene rings is 2. The number of hydrogen-bond donors (Lipinski definition) is 5. The standard InChI is InChI=1S/C23H22O11/c1-31-12-4-2-10(3-5-12)14-9-32-15-7-13(6-11(8-24)16(15)17(14)25)33-23-20(28)18(26)19(27)21(34-23)22(29)30/h2-7,9,18-21,23-24,26-28H,8H2,1H3,(H,29,30)/t18-,19-,20+,21-,23-/m0/s1. The second-order valence-electron chi connectivity index (χ2n) is 7.67. The third-order valence-electron chi connectivity index (χ3n) is 5.57. The highest BCUT2D eigenvalue weighted by Gasteiger charge is 2.48. The van der Waals surface area contributed by atoms with Crippen molar-refractivity contribution in [2.45, 2.75) is 37.3 Å². The van der Waals surface area contributed by atoms with Gasteiger partial charge >= 0.3 is 5.97 Å². The first-order valence-electron chi connectivity index (χ1n) is 10.2. The Kier molecular flexibility index (Phi) is 6.55. The first-order valence-corrected chi connectivity index (χ1v) is 10.2. The summed E-state index contributed by atoms with van der Waals surface area (Å²) in [7, 11) is 1.52. The van der Waals surface area contributed by atoms with Gasteiger partial charge in [0.05, 0.1) is 24.7 Å². The molecule has 4 rings (SSSR count). The van der Waals surface area contributed by atoms with Gasteiger partial charge in [-0.15, -0.1) is 0 Å². The number of aliphatic hydroxyl groups excluding tert-OH is 4. The van der Waals surface area contributed by atoms with Crippen molar-refractivity contribution in [3.05, 3.63) is 58.4 Å². The highest BCUT2D eigenvalue weighted by molar-refractivity contribution is 5.86. The third-order valence-corrected chi connectivity index (χ3v) is 5.57. The molecule has 11 heteroatoms. The molecule has 5 atom stereocenters. The Labute approximate surface area is 192 Å². The van der Waals surface area contributed by atoms with Crippen molar-refractivity contribution in [3.63, 3.8) is 0 Å². The monoisotopic (exact) mass is 474 g/mol. The van der Waals surface area contributed by atoms with E-state index in [1.54, 1.807) is 24.3 Å². The maximum Gasteiger partial charge on any atom is 0.335 e. The van der Waals surface area contributed by atoms with E-state index in [1.807, 2.05) is 0 Å². The van der Waals surface area contributed by atoms with Crippen LogP contribution in [0.15, 0.2) is 51.9 Å². The molecule has 0 aliphatic carbocycles. The fraction of sp³-hybridized carbons (Fsp3) is 0.304. The molecule has 1 aliphatic heterocycles. The van der Waals surface area contributed by atoms with Crippen LogP contribution in [0.4, 0.5) is 0 Å². The van der Waals surface area contributed by atoms with Crippen LogP contribution in [0.3, 0.4) is 0 Å². The highest BCUT2D eigenvalue weighted by Crippen LogP contribution is 2.30. The highest BCUT2D eigenvalue weighted by atomic mass is 16.7. The van der Waals surface area contributed by atoms with Gasteiger partial charge in [-0.1, -0.05) is 12.1 Å². The summed E-state index contributed by atoms with van der Waals surface area (Å²) >= 11 is 0. The van der Waals surface area contributed by atoms with Crippen molar-refractivity contribution in [1.29, 1.82) is 0 Å². The number of carboxylic acids is 1. The lowest BCUT2D eigenvalue weighted by molar-refractivity contribution is -0.271. The van der Waals surface area contributed by atoms with Crippen molar-refractivity contribution in [2.75, 3.05) is 7.11 Å². The Bertz CT molecular complexity index is 1250. The van der Waals surface area contributed by atoms with Gasteiger partial charge in [0, 0.05) is 6.07 Å². The molecule has 0 spiro atoms. The van der Waals surface area contributed by atoms with Gasteiger partial charge < -0.3 is 44.2 Å². The van der Waals surface area contributed by atoms with Crippen LogP contribution < -0.4 is 14.9 Å². The van der Waals surface area contributed by atoms with Crippen molar-refractivity contribution >= 4 is 16.9 Å². The Balaban J connectivity index is 1.70. The number of ether oxygens (including phenoxy) is 3. The molecule has 11 nitrogen and oxygen atoms in total. The van der Waals surface area contributed by atoms with Crippen LogP contribution in [0, 0.1) is 0 Å². The van der Waals surface area contributed by atoms with Gasteiger partial charge in [0.15, 0.2) is 6.10 Å². The van der Waals surface area contributed by atoms with Crippen molar-refractivity contribution in [3.8, 4) is 22.6 Å².